The van der Waals surface area contributed by atoms with Gasteiger partial charge in [0.25, 0.3) is 5.91 Å². The summed E-state index contributed by atoms with van der Waals surface area (Å²) < 4.78 is 10.5. The highest BCUT2D eigenvalue weighted by Gasteiger charge is 2.16. The molecule has 0 aromatic heterocycles. The van der Waals surface area contributed by atoms with Crippen LogP contribution in [0.2, 0.25) is 0 Å². The Kier molecular flexibility index (Phi) is 6.54. The van der Waals surface area contributed by atoms with E-state index in [1.807, 2.05) is 0 Å². The standard InChI is InChI=1S/C19H21NO5/c1-13(19(22)23)14-6-5-7-15(12-14)20-18(21)16-8-3-4-9-17(16)25-11-10-24-2/h3-9,12-13H,10-11H2,1-2H3,(H,20,21)(H,22,23). The third-order valence-electron chi connectivity index (χ3n) is 3.69. The van der Waals surface area contributed by atoms with Gasteiger partial charge in [0, 0.05) is 12.8 Å². The Morgan fingerprint density at radius 2 is 1.88 bits per heavy atom. The number of carboxylic acid groups (broad SMARTS) is 1. The second-order valence-corrected chi connectivity index (χ2v) is 5.48. The Morgan fingerprint density at radius 1 is 1.12 bits per heavy atom. The van der Waals surface area contributed by atoms with Gasteiger partial charge in [-0.25, -0.2) is 0 Å². The number of para-hydroxylation sites is 1. The summed E-state index contributed by atoms with van der Waals surface area (Å²) in [7, 11) is 1.58. The summed E-state index contributed by atoms with van der Waals surface area (Å²) in [6.07, 6.45) is 0. The topological polar surface area (TPSA) is 84.9 Å². The van der Waals surface area contributed by atoms with Gasteiger partial charge >= 0.3 is 5.97 Å². The van der Waals surface area contributed by atoms with E-state index in [-0.39, 0.29) is 5.91 Å². The molecule has 6 heteroatoms. The molecule has 0 spiro atoms. The molecule has 0 fully saturated rings. The first kappa shape index (κ1) is 18.5. The first-order chi connectivity index (χ1) is 12.0. The first-order valence-corrected chi connectivity index (χ1v) is 7.87. The molecule has 2 rings (SSSR count). The van der Waals surface area contributed by atoms with Crippen LogP contribution in [0.4, 0.5) is 5.69 Å². The fraction of sp³-hybridized carbons (Fsp3) is 0.263. The maximum Gasteiger partial charge on any atom is 0.310 e. The van der Waals surface area contributed by atoms with Gasteiger partial charge in [0.1, 0.15) is 12.4 Å². The molecular weight excluding hydrogens is 322 g/mol. The molecule has 0 saturated heterocycles. The Bertz CT molecular complexity index is 744. The molecular formula is C19H21NO5. The van der Waals surface area contributed by atoms with Gasteiger partial charge in [-0.05, 0) is 36.8 Å². The minimum atomic E-state index is -0.916. The number of hydrogen-bond acceptors (Lipinski definition) is 4. The van der Waals surface area contributed by atoms with Crippen molar-refractivity contribution in [2.24, 2.45) is 0 Å². The van der Waals surface area contributed by atoms with Gasteiger partial charge in [-0.1, -0.05) is 24.3 Å². The largest absolute Gasteiger partial charge is 0.490 e. The lowest BCUT2D eigenvalue weighted by Gasteiger charge is -2.13. The maximum atomic E-state index is 12.5. The molecule has 0 aliphatic carbocycles. The van der Waals surface area contributed by atoms with Crippen LogP contribution in [0.3, 0.4) is 0 Å². The van der Waals surface area contributed by atoms with Crippen LogP contribution in [0.1, 0.15) is 28.8 Å². The monoisotopic (exact) mass is 343 g/mol. The molecule has 6 nitrogen and oxygen atoms in total. The van der Waals surface area contributed by atoms with Crippen molar-refractivity contribution in [1.82, 2.24) is 0 Å². The third kappa shape index (κ3) is 5.06. The van der Waals surface area contributed by atoms with E-state index in [1.54, 1.807) is 62.6 Å². The van der Waals surface area contributed by atoms with Gasteiger partial charge < -0.3 is 19.9 Å². The molecule has 25 heavy (non-hydrogen) atoms. The van der Waals surface area contributed by atoms with Crippen molar-refractivity contribution >= 4 is 17.6 Å². The lowest BCUT2D eigenvalue weighted by atomic mass is 10.0. The van der Waals surface area contributed by atoms with Gasteiger partial charge in [0.2, 0.25) is 0 Å². The summed E-state index contributed by atoms with van der Waals surface area (Å²) in [5.74, 6) is -1.43. The van der Waals surface area contributed by atoms with Gasteiger partial charge in [0.05, 0.1) is 18.1 Å². The number of anilines is 1. The molecule has 0 aliphatic heterocycles. The number of rotatable bonds is 8. The molecule has 1 atom stereocenters. The number of methoxy groups -OCH3 is 1. The van der Waals surface area contributed by atoms with Gasteiger partial charge in [-0.3, -0.25) is 9.59 Å². The summed E-state index contributed by atoms with van der Waals surface area (Å²) in [6, 6.07) is 13.7. The minimum Gasteiger partial charge on any atom is -0.490 e. The van der Waals surface area contributed by atoms with Crippen molar-refractivity contribution in [3.63, 3.8) is 0 Å². The summed E-state index contributed by atoms with van der Waals surface area (Å²) in [5, 5.41) is 11.9. The average molecular weight is 343 g/mol. The van der Waals surface area contributed by atoms with E-state index in [0.717, 1.165) is 0 Å². The molecule has 2 aromatic carbocycles. The SMILES string of the molecule is COCCOc1ccccc1C(=O)Nc1cccc(C(C)C(=O)O)c1. The number of ether oxygens (including phenoxy) is 2. The fourth-order valence-corrected chi connectivity index (χ4v) is 2.24. The molecule has 0 heterocycles. The quantitative estimate of drug-likeness (QED) is 0.719. The predicted octanol–water partition coefficient (Wildman–Crippen LogP) is 3.15. The van der Waals surface area contributed by atoms with Crippen LogP contribution in [-0.4, -0.2) is 37.3 Å². The van der Waals surface area contributed by atoms with Crippen molar-refractivity contribution < 1.29 is 24.2 Å². The number of carbonyl (C=O) groups is 2. The highest BCUT2D eigenvalue weighted by atomic mass is 16.5. The Labute approximate surface area is 146 Å². The number of amides is 1. The van der Waals surface area contributed by atoms with E-state index in [1.165, 1.54) is 0 Å². The first-order valence-electron chi connectivity index (χ1n) is 7.87. The van der Waals surface area contributed by atoms with Crippen LogP contribution in [0.5, 0.6) is 5.75 Å². The summed E-state index contributed by atoms with van der Waals surface area (Å²) >= 11 is 0. The van der Waals surface area contributed by atoms with Crippen molar-refractivity contribution in [2.45, 2.75) is 12.8 Å². The van der Waals surface area contributed by atoms with Crippen molar-refractivity contribution in [3.05, 3.63) is 59.7 Å². The van der Waals surface area contributed by atoms with Crippen LogP contribution < -0.4 is 10.1 Å². The van der Waals surface area contributed by atoms with E-state index in [4.69, 9.17) is 14.6 Å². The van der Waals surface area contributed by atoms with E-state index in [0.29, 0.717) is 35.8 Å². The highest BCUT2D eigenvalue weighted by molar-refractivity contribution is 6.06. The summed E-state index contributed by atoms with van der Waals surface area (Å²) in [6.45, 7) is 2.36. The zero-order chi connectivity index (χ0) is 18.2. The van der Waals surface area contributed by atoms with Crippen LogP contribution >= 0.6 is 0 Å². The third-order valence-corrected chi connectivity index (χ3v) is 3.69. The Morgan fingerprint density at radius 3 is 2.60 bits per heavy atom. The predicted molar refractivity (Wildman–Crippen MR) is 94.3 cm³/mol. The van der Waals surface area contributed by atoms with Crippen LogP contribution in [0.25, 0.3) is 0 Å². The van der Waals surface area contributed by atoms with Gasteiger partial charge in [-0.2, -0.15) is 0 Å². The van der Waals surface area contributed by atoms with Gasteiger partial charge in [0.15, 0.2) is 0 Å². The van der Waals surface area contributed by atoms with E-state index >= 15 is 0 Å². The lowest BCUT2D eigenvalue weighted by Crippen LogP contribution is -2.15. The van der Waals surface area contributed by atoms with Crippen LogP contribution in [-0.2, 0) is 9.53 Å². The fourth-order valence-electron chi connectivity index (χ4n) is 2.24. The zero-order valence-electron chi connectivity index (χ0n) is 14.2. The molecule has 132 valence electrons. The lowest BCUT2D eigenvalue weighted by molar-refractivity contribution is -0.138. The van der Waals surface area contributed by atoms with E-state index in [9.17, 15) is 9.59 Å². The second kappa shape index (κ2) is 8.84. The number of aliphatic carboxylic acids is 1. The average Bonchev–Trinajstić information content (AvgIpc) is 2.61. The number of benzene rings is 2. The maximum absolute atomic E-state index is 12.5. The molecule has 2 aromatic rings. The molecule has 1 amide bonds. The number of carbonyl (C=O) groups excluding carboxylic acids is 1. The van der Waals surface area contributed by atoms with E-state index < -0.39 is 11.9 Å². The molecule has 0 aliphatic rings. The smallest absolute Gasteiger partial charge is 0.310 e. The molecule has 0 saturated carbocycles. The van der Waals surface area contributed by atoms with E-state index in [2.05, 4.69) is 5.32 Å². The van der Waals surface area contributed by atoms with Crippen molar-refractivity contribution in [2.75, 3.05) is 25.6 Å². The van der Waals surface area contributed by atoms with Crippen molar-refractivity contribution in [3.8, 4) is 5.75 Å². The summed E-state index contributed by atoms with van der Waals surface area (Å²) in [4.78, 5) is 23.7. The highest BCUT2D eigenvalue weighted by Crippen LogP contribution is 2.22. The molecule has 1 unspecified atom stereocenters. The number of hydrogen-bond donors (Lipinski definition) is 2. The minimum absolute atomic E-state index is 0.326. The van der Waals surface area contributed by atoms with Crippen molar-refractivity contribution in [1.29, 1.82) is 0 Å². The normalized spacial score (nSPS) is 11.6. The summed E-state index contributed by atoms with van der Waals surface area (Å²) in [5.41, 5.74) is 1.55. The van der Waals surface area contributed by atoms with Crippen LogP contribution in [0, 0.1) is 0 Å². The second-order valence-electron chi connectivity index (χ2n) is 5.48. The van der Waals surface area contributed by atoms with Crippen LogP contribution in [0.15, 0.2) is 48.5 Å². The number of carboxylic acids is 1. The Hall–Kier alpha value is -2.86. The molecule has 2 N–H and O–H groups in total. The molecule has 0 radical (unpaired) electrons. The Balaban J connectivity index is 2.15. The zero-order valence-corrected chi connectivity index (χ0v) is 14.2. The number of nitrogens with one attached hydrogen (secondary N) is 1. The van der Waals surface area contributed by atoms with Gasteiger partial charge in [-0.15, -0.1) is 0 Å². The molecule has 0 bridgehead atoms.